The molecule has 0 aromatic carbocycles. The minimum absolute atomic E-state index is 0.101. The molecule has 14 heavy (non-hydrogen) atoms. The molecule has 0 aliphatic carbocycles. The molecule has 0 saturated heterocycles. The number of Topliss-reactive ketones (excluding diaryl/α,β-unsaturated/α-hetero) is 1. The standard InChI is InChI=1S/C9H12N2O3/c1-11-6-10-5-7(11)8(12)3-4-9(13)14-2/h5-6H,3-4H2,1-2H3. The number of methoxy groups -OCH3 is 1. The molecule has 0 N–H and O–H groups in total. The Morgan fingerprint density at radius 2 is 2.21 bits per heavy atom. The topological polar surface area (TPSA) is 61.2 Å². The Hall–Kier alpha value is -1.65. The van der Waals surface area contributed by atoms with E-state index in [1.807, 2.05) is 0 Å². The van der Waals surface area contributed by atoms with Gasteiger partial charge in [-0.3, -0.25) is 9.59 Å². The molecule has 1 aromatic heterocycles. The van der Waals surface area contributed by atoms with E-state index in [2.05, 4.69) is 9.72 Å². The number of hydrogen-bond acceptors (Lipinski definition) is 4. The molecule has 1 rings (SSSR count). The highest BCUT2D eigenvalue weighted by Crippen LogP contribution is 2.04. The summed E-state index contributed by atoms with van der Waals surface area (Å²) in [5.41, 5.74) is 0.508. The third-order valence-corrected chi connectivity index (χ3v) is 1.89. The van der Waals surface area contributed by atoms with E-state index < -0.39 is 0 Å². The van der Waals surface area contributed by atoms with Gasteiger partial charge >= 0.3 is 5.97 Å². The fourth-order valence-electron chi connectivity index (χ4n) is 1.07. The lowest BCUT2D eigenvalue weighted by atomic mass is 10.2. The normalized spacial score (nSPS) is 9.86. The van der Waals surface area contributed by atoms with E-state index in [1.165, 1.54) is 13.3 Å². The maximum atomic E-state index is 11.5. The van der Waals surface area contributed by atoms with Gasteiger partial charge in [-0.2, -0.15) is 0 Å². The summed E-state index contributed by atoms with van der Waals surface area (Å²) in [4.78, 5) is 26.1. The zero-order valence-electron chi connectivity index (χ0n) is 8.19. The van der Waals surface area contributed by atoms with Crippen molar-refractivity contribution in [2.75, 3.05) is 7.11 Å². The second-order valence-corrected chi connectivity index (χ2v) is 2.89. The van der Waals surface area contributed by atoms with Crippen molar-refractivity contribution in [1.82, 2.24) is 9.55 Å². The van der Waals surface area contributed by atoms with Crippen molar-refractivity contribution >= 4 is 11.8 Å². The first-order chi connectivity index (χ1) is 6.65. The van der Waals surface area contributed by atoms with Gasteiger partial charge in [0.2, 0.25) is 0 Å². The zero-order chi connectivity index (χ0) is 10.6. The highest BCUT2D eigenvalue weighted by Gasteiger charge is 2.11. The average molecular weight is 196 g/mol. The quantitative estimate of drug-likeness (QED) is 0.521. The van der Waals surface area contributed by atoms with Crippen LogP contribution < -0.4 is 0 Å². The monoisotopic (exact) mass is 196 g/mol. The highest BCUT2D eigenvalue weighted by atomic mass is 16.5. The van der Waals surface area contributed by atoms with Crippen LogP contribution in [0.2, 0.25) is 0 Å². The van der Waals surface area contributed by atoms with Crippen molar-refractivity contribution in [3.8, 4) is 0 Å². The van der Waals surface area contributed by atoms with Crippen LogP contribution in [0.15, 0.2) is 12.5 Å². The number of carbonyl (C=O) groups is 2. The Morgan fingerprint density at radius 1 is 1.50 bits per heavy atom. The number of esters is 1. The number of ether oxygens (including phenoxy) is 1. The van der Waals surface area contributed by atoms with Gasteiger partial charge in [0.1, 0.15) is 5.69 Å². The molecule has 76 valence electrons. The van der Waals surface area contributed by atoms with Crippen LogP contribution in [-0.4, -0.2) is 28.4 Å². The smallest absolute Gasteiger partial charge is 0.305 e. The van der Waals surface area contributed by atoms with Gasteiger partial charge in [0.15, 0.2) is 5.78 Å². The second-order valence-electron chi connectivity index (χ2n) is 2.89. The summed E-state index contributed by atoms with van der Waals surface area (Å²) in [5.74, 6) is -0.476. The van der Waals surface area contributed by atoms with Gasteiger partial charge in [-0.15, -0.1) is 0 Å². The molecule has 5 nitrogen and oxygen atoms in total. The van der Waals surface area contributed by atoms with Gasteiger partial charge in [-0.1, -0.05) is 0 Å². The SMILES string of the molecule is COC(=O)CCC(=O)c1cncn1C. The molecular formula is C9H12N2O3. The minimum Gasteiger partial charge on any atom is -0.469 e. The number of imidazole rings is 1. The van der Waals surface area contributed by atoms with Crippen molar-refractivity contribution < 1.29 is 14.3 Å². The third-order valence-electron chi connectivity index (χ3n) is 1.89. The van der Waals surface area contributed by atoms with Crippen LogP contribution in [0, 0.1) is 0 Å². The molecule has 0 saturated carbocycles. The van der Waals surface area contributed by atoms with Crippen molar-refractivity contribution in [2.24, 2.45) is 7.05 Å². The van der Waals surface area contributed by atoms with Crippen molar-refractivity contribution in [3.63, 3.8) is 0 Å². The molecule has 0 spiro atoms. The number of ketones is 1. The lowest BCUT2D eigenvalue weighted by molar-refractivity contribution is -0.140. The zero-order valence-corrected chi connectivity index (χ0v) is 8.19. The summed E-state index contributed by atoms with van der Waals surface area (Å²) in [7, 11) is 3.04. The lowest BCUT2D eigenvalue weighted by Crippen LogP contribution is -2.08. The fourth-order valence-corrected chi connectivity index (χ4v) is 1.07. The molecular weight excluding hydrogens is 184 g/mol. The van der Waals surface area contributed by atoms with E-state index in [1.54, 1.807) is 17.9 Å². The maximum absolute atomic E-state index is 11.5. The Morgan fingerprint density at radius 3 is 2.71 bits per heavy atom. The lowest BCUT2D eigenvalue weighted by Gasteiger charge is -2.00. The summed E-state index contributed by atoms with van der Waals surface area (Å²) in [6, 6.07) is 0. The summed E-state index contributed by atoms with van der Waals surface area (Å²) in [5, 5.41) is 0. The Kier molecular flexibility index (Phi) is 3.39. The molecule has 0 aliphatic heterocycles. The van der Waals surface area contributed by atoms with E-state index in [4.69, 9.17) is 0 Å². The van der Waals surface area contributed by atoms with E-state index in [0.717, 1.165) is 0 Å². The predicted molar refractivity (Wildman–Crippen MR) is 48.8 cm³/mol. The molecule has 0 radical (unpaired) electrons. The van der Waals surface area contributed by atoms with Crippen LogP contribution in [0.4, 0.5) is 0 Å². The van der Waals surface area contributed by atoms with E-state index in [0.29, 0.717) is 5.69 Å². The van der Waals surface area contributed by atoms with Crippen LogP contribution in [-0.2, 0) is 16.6 Å². The molecule has 0 fully saturated rings. The van der Waals surface area contributed by atoms with Gasteiger partial charge in [0.25, 0.3) is 0 Å². The number of hydrogen-bond donors (Lipinski definition) is 0. The van der Waals surface area contributed by atoms with Gasteiger partial charge in [0.05, 0.1) is 26.1 Å². The van der Waals surface area contributed by atoms with Crippen LogP contribution >= 0.6 is 0 Å². The number of aryl methyl sites for hydroxylation is 1. The molecule has 5 heteroatoms. The Bertz CT molecular complexity index is 344. The third kappa shape index (κ3) is 2.42. The second kappa shape index (κ2) is 4.55. The molecule has 0 unspecified atom stereocenters. The van der Waals surface area contributed by atoms with Crippen LogP contribution in [0.3, 0.4) is 0 Å². The van der Waals surface area contributed by atoms with E-state index in [-0.39, 0.29) is 24.6 Å². The first kappa shape index (κ1) is 10.4. The van der Waals surface area contributed by atoms with E-state index >= 15 is 0 Å². The summed E-state index contributed by atoms with van der Waals surface area (Å²) in [6.07, 6.45) is 3.30. The molecule has 0 amide bonds. The minimum atomic E-state index is -0.375. The Balaban J connectivity index is 2.52. The fraction of sp³-hybridized carbons (Fsp3) is 0.444. The molecule has 0 bridgehead atoms. The number of aromatic nitrogens is 2. The first-order valence-electron chi connectivity index (χ1n) is 4.21. The summed E-state index contributed by atoms with van der Waals surface area (Å²) < 4.78 is 6.06. The van der Waals surface area contributed by atoms with Gasteiger partial charge < -0.3 is 9.30 Å². The Labute approximate surface area is 81.7 Å². The molecule has 1 heterocycles. The number of carbonyl (C=O) groups excluding carboxylic acids is 2. The van der Waals surface area contributed by atoms with Gasteiger partial charge in [-0.05, 0) is 0 Å². The summed E-state index contributed by atoms with van der Waals surface area (Å²) in [6.45, 7) is 0. The van der Waals surface area contributed by atoms with E-state index in [9.17, 15) is 9.59 Å². The number of rotatable bonds is 4. The van der Waals surface area contributed by atoms with Crippen LogP contribution in [0.25, 0.3) is 0 Å². The van der Waals surface area contributed by atoms with Crippen molar-refractivity contribution in [1.29, 1.82) is 0 Å². The van der Waals surface area contributed by atoms with Crippen LogP contribution in [0.1, 0.15) is 23.3 Å². The molecule has 1 aromatic rings. The highest BCUT2D eigenvalue weighted by molar-refractivity contribution is 5.95. The van der Waals surface area contributed by atoms with Crippen molar-refractivity contribution in [3.05, 3.63) is 18.2 Å². The summed E-state index contributed by atoms with van der Waals surface area (Å²) >= 11 is 0. The van der Waals surface area contributed by atoms with Crippen LogP contribution in [0.5, 0.6) is 0 Å². The van der Waals surface area contributed by atoms with Gasteiger partial charge in [-0.25, -0.2) is 4.98 Å². The first-order valence-corrected chi connectivity index (χ1v) is 4.21. The maximum Gasteiger partial charge on any atom is 0.305 e. The number of nitrogens with zero attached hydrogens (tertiary/aromatic N) is 2. The molecule has 0 atom stereocenters. The van der Waals surface area contributed by atoms with Gasteiger partial charge in [0, 0.05) is 13.5 Å². The predicted octanol–water partition coefficient (Wildman–Crippen LogP) is 0.556. The molecule has 0 aliphatic rings. The van der Waals surface area contributed by atoms with Crippen molar-refractivity contribution in [2.45, 2.75) is 12.8 Å². The average Bonchev–Trinajstić information content (AvgIpc) is 2.60. The largest absolute Gasteiger partial charge is 0.469 e.